The van der Waals surface area contributed by atoms with Gasteiger partial charge in [0.25, 0.3) is 5.56 Å². The van der Waals surface area contributed by atoms with Crippen molar-refractivity contribution in [3.63, 3.8) is 0 Å². The summed E-state index contributed by atoms with van der Waals surface area (Å²) in [6.07, 6.45) is 0.487. The molecule has 0 atom stereocenters. The van der Waals surface area contributed by atoms with Gasteiger partial charge in [-0.25, -0.2) is 0 Å². The molecule has 0 unspecified atom stereocenters. The molecule has 3 rings (SSSR count). The molecule has 1 saturated heterocycles. The predicted octanol–water partition coefficient (Wildman–Crippen LogP) is -0.917. The fourth-order valence-corrected chi connectivity index (χ4v) is 2.61. The molecule has 3 N–H and O–H groups in total. The van der Waals surface area contributed by atoms with E-state index in [1.807, 2.05) is 30.3 Å². The van der Waals surface area contributed by atoms with Gasteiger partial charge in [0.05, 0.1) is 26.3 Å². The normalized spacial score (nSPS) is 15.5. The van der Waals surface area contributed by atoms with Crippen LogP contribution in [0.4, 0.5) is 5.95 Å². The Bertz CT molecular complexity index is 668. The summed E-state index contributed by atoms with van der Waals surface area (Å²) >= 11 is 0. The van der Waals surface area contributed by atoms with E-state index in [2.05, 4.69) is 20.5 Å². The quantitative estimate of drug-likeness (QED) is 0.642. The number of nitrogens with one attached hydrogen (secondary N) is 3. The molecule has 2 aromatic rings. The molecule has 0 radical (unpaired) electrons. The van der Waals surface area contributed by atoms with Crippen LogP contribution in [-0.4, -0.2) is 54.6 Å². The number of hydrogen-bond acceptors (Lipinski definition) is 5. The number of anilines is 1. The van der Waals surface area contributed by atoms with Gasteiger partial charge in [-0.1, -0.05) is 30.3 Å². The molecule has 1 aromatic carbocycles. The van der Waals surface area contributed by atoms with Crippen LogP contribution in [0.25, 0.3) is 0 Å². The van der Waals surface area contributed by atoms with E-state index in [9.17, 15) is 4.79 Å². The molecule has 0 amide bonds. The van der Waals surface area contributed by atoms with Crippen LogP contribution in [0.5, 0.6) is 0 Å². The third-order valence-electron chi connectivity index (χ3n) is 3.95. The van der Waals surface area contributed by atoms with Crippen LogP contribution in [0.3, 0.4) is 0 Å². The molecule has 7 nitrogen and oxygen atoms in total. The molecule has 1 aliphatic heterocycles. The fourth-order valence-electron chi connectivity index (χ4n) is 2.61. The summed E-state index contributed by atoms with van der Waals surface area (Å²) in [7, 11) is 0. The highest BCUT2D eigenvalue weighted by molar-refractivity contribution is 5.24. The monoisotopic (exact) mass is 316 g/mol. The number of aromatic nitrogens is 3. The number of nitrogens with zero attached hydrogens (tertiary/aromatic N) is 2. The summed E-state index contributed by atoms with van der Waals surface area (Å²) in [5, 5.41) is 11.3. The van der Waals surface area contributed by atoms with Gasteiger partial charge >= 0.3 is 0 Å². The lowest BCUT2D eigenvalue weighted by atomic mass is 10.1. The average molecular weight is 316 g/mol. The number of aromatic amines is 1. The molecular formula is C16H22N5O2+. The van der Waals surface area contributed by atoms with Gasteiger partial charge in [-0.2, -0.15) is 0 Å². The SMILES string of the molecule is O=c1[nH]c(NCC[NH+]2CCOCC2)nnc1Cc1ccccc1. The van der Waals surface area contributed by atoms with Crippen molar-refractivity contribution in [3.05, 3.63) is 51.9 Å². The minimum atomic E-state index is -0.190. The van der Waals surface area contributed by atoms with Gasteiger partial charge in [-0.3, -0.25) is 9.78 Å². The van der Waals surface area contributed by atoms with Crippen LogP contribution in [0, 0.1) is 0 Å². The van der Waals surface area contributed by atoms with Gasteiger partial charge in [0.2, 0.25) is 5.95 Å². The topological polar surface area (TPSA) is 84.3 Å². The van der Waals surface area contributed by atoms with E-state index in [0.29, 0.717) is 18.1 Å². The summed E-state index contributed by atoms with van der Waals surface area (Å²) in [5.41, 5.74) is 1.29. The van der Waals surface area contributed by atoms with Crippen molar-refractivity contribution in [3.8, 4) is 0 Å². The molecule has 0 spiro atoms. The Balaban J connectivity index is 1.53. The Labute approximate surface area is 134 Å². The van der Waals surface area contributed by atoms with Crippen LogP contribution in [0.15, 0.2) is 35.1 Å². The number of H-pyrrole nitrogens is 1. The Hall–Kier alpha value is -2.25. The maximum absolute atomic E-state index is 12.1. The molecule has 0 saturated carbocycles. The molecule has 0 bridgehead atoms. The zero-order valence-electron chi connectivity index (χ0n) is 13.0. The van der Waals surface area contributed by atoms with E-state index in [1.165, 1.54) is 4.90 Å². The van der Waals surface area contributed by atoms with Crippen molar-refractivity contribution in [2.45, 2.75) is 6.42 Å². The molecular weight excluding hydrogens is 294 g/mol. The average Bonchev–Trinajstić information content (AvgIpc) is 2.59. The van der Waals surface area contributed by atoms with E-state index in [-0.39, 0.29) is 5.56 Å². The lowest BCUT2D eigenvalue weighted by molar-refractivity contribution is -0.906. The third-order valence-corrected chi connectivity index (χ3v) is 3.95. The second-order valence-electron chi connectivity index (χ2n) is 5.65. The highest BCUT2D eigenvalue weighted by Gasteiger charge is 2.13. The van der Waals surface area contributed by atoms with E-state index >= 15 is 0 Å². The van der Waals surface area contributed by atoms with E-state index in [0.717, 1.165) is 45.0 Å². The molecule has 1 fully saturated rings. The van der Waals surface area contributed by atoms with Crippen LogP contribution >= 0.6 is 0 Å². The van der Waals surface area contributed by atoms with Crippen molar-refractivity contribution < 1.29 is 9.64 Å². The number of hydrogen-bond donors (Lipinski definition) is 3. The summed E-state index contributed by atoms with van der Waals surface area (Å²) in [6, 6.07) is 9.78. The lowest BCUT2D eigenvalue weighted by Crippen LogP contribution is -3.14. The fraction of sp³-hybridized carbons (Fsp3) is 0.438. The molecule has 0 aliphatic carbocycles. The van der Waals surface area contributed by atoms with Crippen LogP contribution in [-0.2, 0) is 11.2 Å². The summed E-state index contributed by atoms with van der Waals surface area (Å²) < 4.78 is 5.33. The number of ether oxygens (including phenoxy) is 1. The van der Waals surface area contributed by atoms with Gasteiger partial charge in [-0.15, -0.1) is 10.2 Å². The van der Waals surface area contributed by atoms with Gasteiger partial charge < -0.3 is 15.0 Å². The first-order chi connectivity index (χ1) is 11.3. The first-order valence-electron chi connectivity index (χ1n) is 7.96. The molecule has 122 valence electrons. The number of benzene rings is 1. The van der Waals surface area contributed by atoms with E-state index in [4.69, 9.17) is 4.74 Å². The summed E-state index contributed by atoms with van der Waals surface area (Å²) in [6.45, 7) is 5.41. The second kappa shape index (κ2) is 7.85. The summed E-state index contributed by atoms with van der Waals surface area (Å²) in [5.74, 6) is 0.430. The van der Waals surface area contributed by atoms with Crippen molar-refractivity contribution in [1.82, 2.24) is 15.2 Å². The Morgan fingerprint density at radius 3 is 2.70 bits per heavy atom. The van der Waals surface area contributed by atoms with Gasteiger partial charge in [0.15, 0.2) is 0 Å². The first-order valence-corrected chi connectivity index (χ1v) is 7.96. The third kappa shape index (κ3) is 4.61. The van der Waals surface area contributed by atoms with Crippen LogP contribution < -0.4 is 15.8 Å². The van der Waals surface area contributed by atoms with Gasteiger partial charge in [0.1, 0.15) is 18.8 Å². The zero-order chi connectivity index (χ0) is 15.9. The maximum atomic E-state index is 12.1. The largest absolute Gasteiger partial charge is 0.370 e. The van der Waals surface area contributed by atoms with Gasteiger partial charge in [-0.05, 0) is 5.56 Å². The summed E-state index contributed by atoms with van der Waals surface area (Å²) in [4.78, 5) is 16.3. The molecule has 1 aliphatic rings. The minimum absolute atomic E-state index is 0.190. The number of rotatable bonds is 6. The lowest BCUT2D eigenvalue weighted by Gasteiger charge is -2.23. The molecule has 2 heterocycles. The Kier molecular flexibility index (Phi) is 5.33. The highest BCUT2D eigenvalue weighted by Crippen LogP contribution is 2.03. The van der Waals surface area contributed by atoms with Crippen LogP contribution in [0.1, 0.15) is 11.3 Å². The van der Waals surface area contributed by atoms with Crippen molar-refractivity contribution in [1.29, 1.82) is 0 Å². The standard InChI is InChI=1S/C16H21N5O2/c22-15-14(12-13-4-2-1-3-5-13)19-20-16(18-15)17-6-7-21-8-10-23-11-9-21/h1-5H,6-12H2,(H2,17,18,20,22)/p+1. The second-order valence-corrected chi connectivity index (χ2v) is 5.65. The Morgan fingerprint density at radius 1 is 1.17 bits per heavy atom. The van der Waals surface area contributed by atoms with Crippen molar-refractivity contribution in [2.75, 3.05) is 44.7 Å². The highest BCUT2D eigenvalue weighted by atomic mass is 16.5. The van der Waals surface area contributed by atoms with Crippen molar-refractivity contribution in [2.24, 2.45) is 0 Å². The molecule has 1 aromatic heterocycles. The molecule has 7 heteroatoms. The number of morpholine rings is 1. The predicted molar refractivity (Wildman–Crippen MR) is 86.8 cm³/mol. The minimum Gasteiger partial charge on any atom is -0.370 e. The zero-order valence-corrected chi connectivity index (χ0v) is 13.0. The number of quaternary nitrogens is 1. The smallest absolute Gasteiger partial charge is 0.274 e. The molecule has 23 heavy (non-hydrogen) atoms. The van der Waals surface area contributed by atoms with E-state index < -0.39 is 0 Å². The first kappa shape index (κ1) is 15.6. The van der Waals surface area contributed by atoms with E-state index in [1.54, 1.807) is 0 Å². The Morgan fingerprint density at radius 2 is 1.96 bits per heavy atom. The van der Waals surface area contributed by atoms with Crippen molar-refractivity contribution >= 4 is 5.95 Å². The maximum Gasteiger partial charge on any atom is 0.274 e. The van der Waals surface area contributed by atoms with Gasteiger partial charge in [0, 0.05) is 6.42 Å². The van der Waals surface area contributed by atoms with Crippen LogP contribution in [0.2, 0.25) is 0 Å².